The maximum atomic E-state index is 14.7. The fourth-order valence-corrected chi connectivity index (χ4v) is 5.40. The molecule has 3 aromatic heterocycles. The number of carbonyl (C=O) groups excluding carboxylic acids is 1. The van der Waals surface area contributed by atoms with Crippen molar-refractivity contribution in [3.8, 4) is 5.88 Å². The first-order valence-corrected chi connectivity index (χ1v) is 12.0. The Balaban J connectivity index is 1.10. The molecule has 4 aliphatic rings. The standard InChI is InChI=1S/C25H27FN6O3/c1-15-2-3-19-22(29-15)17(18(26)12-27-19)4-5-25-8-6-24(7-9-25,14-35-25)28-11-16-10-20-23(32-31-16)34-13-21(33)30-20/h2-3,10,12,28H,4-9,11,13-14H2,1H3,(H,30,33). The van der Waals surface area contributed by atoms with Crippen LogP contribution in [0.4, 0.5) is 10.1 Å². The fourth-order valence-electron chi connectivity index (χ4n) is 5.40. The third kappa shape index (κ3) is 4.21. The SMILES string of the molecule is Cc1ccc2ncc(F)c(CCC34CCC(NCc5cc6c(nn5)OCC(=O)N6)(CC3)CO4)c2n1. The number of rotatable bonds is 6. The number of fused-ring (bicyclic) bond motifs is 5. The van der Waals surface area contributed by atoms with E-state index in [-0.39, 0.29) is 29.5 Å². The summed E-state index contributed by atoms with van der Waals surface area (Å²) in [5, 5.41) is 14.7. The van der Waals surface area contributed by atoms with E-state index in [2.05, 4.69) is 30.8 Å². The van der Waals surface area contributed by atoms with E-state index in [4.69, 9.17) is 9.47 Å². The molecule has 6 heterocycles. The molecule has 0 unspecified atom stereocenters. The molecule has 1 amide bonds. The summed E-state index contributed by atoms with van der Waals surface area (Å²) >= 11 is 0. The number of halogens is 1. The molecule has 35 heavy (non-hydrogen) atoms. The normalized spacial score (nSPS) is 25.3. The minimum absolute atomic E-state index is 0.0400. The molecule has 2 bridgehead atoms. The van der Waals surface area contributed by atoms with Crippen LogP contribution in [0.15, 0.2) is 24.4 Å². The Morgan fingerprint density at radius 3 is 2.86 bits per heavy atom. The predicted molar refractivity (Wildman–Crippen MR) is 125 cm³/mol. The molecule has 10 heteroatoms. The maximum Gasteiger partial charge on any atom is 0.262 e. The van der Waals surface area contributed by atoms with Crippen molar-refractivity contribution in [3.63, 3.8) is 0 Å². The highest BCUT2D eigenvalue weighted by atomic mass is 19.1. The van der Waals surface area contributed by atoms with Crippen LogP contribution in [-0.4, -0.2) is 50.4 Å². The zero-order valence-electron chi connectivity index (χ0n) is 19.6. The lowest BCUT2D eigenvalue weighted by molar-refractivity contribution is -0.165. The number of amides is 1. The molecule has 1 aliphatic carbocycles. The van der Waals surface area contributed by atoms with E-state index in [1.165, 1.54) is 6.20 Å². The van der Waals surface area contributed by atoms with Crippen LogP contribution in [0.1, 0.15) is 49.1 Å². The molecule has 2 saturated heterocycles. The Kier molecular flexibility index (Phi) is 5.37. The summed E-state index contributed by atoms with van der Waals surface area (Å²) in [6, 6.07) is 5.58. The highest BCUT2D eigenvalue weighted by molar-refractivity contribution is 5.94. The van der Waals surface area contributed by atoms with Crippen LogP contribution in [0.5, 0.6) is 5.88 Å². The van der Waals surface area contributed by atoms with Crippen LogP contribution in [0.3, 0.4) is 0 Å². The molecule has 3 fully saturated rings. The van der Waals surface area contributed by atoms with E-state index >= 15 is 0 Å². The quantitative estimate of drug-likeness (QED) is 0.556. The molecule has 3 aliphatic heterocycles. The number of nitrogens with one attached hydrogen (secondary N) is 2. The van der Waals surface area contributed by atoms with Gasteiger partial charge in [0.1, 0.15) is 11.5 Å². The highest BCUT2D eigenvalue weighted by Crippen LogP contribution is 2.46. The topological polar surface area (TPSA) is 111 Å². The van der Waals surface area contributed by atoms with Gasteiger partial charge in [0.15, 0.2) is 6.61 Å². The average Bonchev–Trinajstić information content (AvgIpc) is 2.88. The van der Waals surface area contributed by atoms with Crippen molar-refractivity contribution >= 4 is 22.6 Å². The van der Waals surface area contributed by atoms with Crippen molar-refractivity contribution in [2.45, 2.75) is 63.1 Å². The van der Waals surface area contributed by atoms with Crippen LogP contribution in [-0.2, 0) is 22.5 Å². The predicted octanol–water partition coefficient (Wildman–Crippen LogP) is 3.00. The Hall–Kier alpha value is -3.24. The number of anilines is 1. The van der Waals surface area contributed by atoms with Gasteiger partial charge in [-0.25, -0.2) is 4.39 Å². The van der Waals surface area contributed by atoms with Crippen molar-refractivity contribution in [2.75, 3.05) is 18.5 Å². The summed E-state index contributed by atoms with van der Waals surface area (Å²) in [5.74, 6) is -0.154. The number of hydrogen-bond acceptors (Lipinski definition) is 8. The summed E-state index contributed by atoms with van der Waals surface area (Å²) in [6.45, 7) is 2.99. The van der Waals surface area contributed by atoms with Gasteiger partial charge in [-0.2, -0.15) is 5.10 Å². The van der Waals surface area contributed by atoms with E-state index in [1.54, 1.807) is 6.07 Å². The van der Waals surface area contributed by atoms with Gasteiger partial charge in [-0.3, -0.25) is 14.8 Å². The van der Waals surface area contributed by atoms with Crippen molar-refractivity contribution in [1.82, 2.24) is 25.5 Å². The highest BCUT2D eigenvalue weighted by Gasteiger charge is 2.49. The Labute approximate surface area is 201 Å². The number of pyridine rings is 2. The molecule has 1 saturated carbocycles. The lowest BCUT2D eigenvalue weighted by atomic mass is 9.69. The Bertz CT molecular complexity index is 1290. The summed E-state index contributed by atoms with van der Waals surface area (Å²) in [4.78, 5) is 20.3. The number of aromatic nitrogens is 4. The van der Waals surface area contributed by atoms with Gasteiger partial charge in [-0.1, -0.05) is 0 Å². The molecule has 0 aromatic carbocycles. The minimum Gasteiger partial charge on any atom is -0.465 e. The first kappa shape index (κ1) is 22.2. The fraction of sp³-hybridized carbons (Fsp3) is 0.480. The van der Waals surface area contributed by atoms with E-state index < -0.39 is 0 Å². The molecule has 0 radical (unpaired) electrons. The lowest BCUT2D eigenvalue weighted by Crippen LogP contribution is -2.61. The summed E-state index contributed by atoms with van der Waals surface area (Å²) in [6.07, 6.45) is 6.40. The van der Waals surface area contributed by atoms with E-state index in [0.717, 1.165) is 49.0 Å². The van der Waals surface area contributed by atoms with Gasteiger partial charge < -0.3 is 20.1 Å². The van der Waals surface area contributed by atoms with Crippen LogP contribution >= 0.6 is 0 Å². The third-order valence-corrected chi connectivity index (χ3v) is 7.58. The molecule has 9 nitrogen and oxygen atoms in total. The molecule has 2 N–H and O–H groups in total. The molecule has 182 valence electrons. The van der Waals surface area contributed by atoms with Gasteiger partial charge in [-0.15, -0.1) is 5.10 Å². The minimum atomic E-state index is -0.303. The van der Waals surface area contributed by atoms with Gasteiger partial charge in [0.25, 0.3) is 11.8 Å². The smallest absolute Gasteiger partial charge is 0.262 e. The largest absolute Gasteiger partial charge is 0.465 e. The monoisotopic (exact) mass is 478 g/mol. The van der Waals surface area contributed by atoms with Gasteiger partial charge in [-0.05, 0) is 63.6 Å². The number of hydrogen-bond donors (Lipinski definition) is 2. The van der Waals surface area contributed by atoms with Crippen LogP contribution in [0, 0.1) is 12.7 Å². The second kappa shape index (κ2) is 8.46. The lowest BCUT2D eigenvalue weighted by Gasteiger charge is -2.53. The average molecular weight is 479 g/mol. The van der Waals surface area contributed by atoms with Gasteiger partial charge >= 0.3 is 0 Å². The molecular weight excluding hydrogens is 451 g/mol. The first-order valence-electron chi connectivity index (χ1n) is 12.0. The van der Waals surface area contributed by atoms with Crippen molar-refractivity contribution < 1.29 is 18.7 Å². The number of ether oxygens (including phenoxy) is 2. The van der Waals surface area contributed by atoms with Crippen molar-refractivity contribution in [1.29, 1.82) is 0 Å². The molecule has 3 aromatic rings. The number of nitrogens with zero attached hydrogens (tertiary/aromatic N) is 4. The zero-order valence-corrected chi connectivity index (χ0v) is 19.6. The molecular formula is C25H27FN6O3. The van der Waals surface area contributed by atoms with E-state index in [1.807, 2.05) is 19.1 Å². The summed E-state index contributed by atoms with van der Waals surface area (Å²) in [5.41, 5.74) is 3.77. The number of aryl methyl sites for hydroxylation is 2. The molecule has 0 atom stereocenters. The van der Waals surface area contributed by atoms with Gasteiger partial charge in [0.05, 0.1) is 35.1 Å². The van der Waals surface area contributed by atoms with E-state index in [9.17, 15) is 9.18 Å². The van der Waals surface area contributed by atoms with Crippen molar-refractivity contribution in [3.05, 3.63) is 47.2 Å². The molecule has 7 rings (SSSR count). The maximum absolute atomic E-state index is 14.7. The number of carbonyl (C=O) groups is 1. The first-order chi connectivity index (χ1) is 16.9. The van der Waals surface area contributed by atoms with Gasteiger partial charge in [0.2, 0.25) is 0 Å². The van der Waals surface area contributed by atoms with Crippen molar-refractivity contribution in [2.24, 2.45) is 0 Å². The summed E-state index contributed by atoms with van der Waals surface area (Å²) in [7, 11) is 0. The van der Waals surface area contributed by atoms with Crippen LogP contribution in [0.25, 0.3) is 11.0 Å². The van der Waals surface area contributed by atoms with Crippen LogP contribution in [0.2, 0.25) is 0 Å². The second-order valence-electron chi connectivity index (χ2n) is 9.90. The second-order valence-corrected chi connectivity index (χ2v) is 9.90. The zero-order chi connectivity index (χ0) is 24.0. The Morgan fingerprint density at radius 1 is 1.20 bits per heavy atom. The van der Waals surface area contributed by atoms with Crippen LogP contribution < -0.4 is 15.4 Å². The Morgan fingerprint density at radius 2 is 2.06 bits per heavy atom. The molecule has 0 spiro atoms. The van der Waals surface area contributed by atoms with E-state index in [0.29, 0.717) is 42.2 Å². The summed E-state index contributed by atoms with van der Waals surface area (Å²) < 4.78 is 26.4. The third-order valence-electron chi connectivity index (χ3n) is 7.58. The van der Waals surface area contributed by atoms with Gasteiger partial charge in [0, 0.05) is 23.3 Å².